The second-order valence-electron chi connectivity index (χ2n) is 8.45. The van der Waals surface area contributed by atoms with Crippen LogP contribution < -0.4 is 16.4 Å². The quantitative estimate of drug-likeness (QED) is 0.211. The number of amides is 2. The minimum absolute atomic E-state index is 0.0281. The number of hydrogen-bond acceptors (Lipinski definition) is 6. The van der Waals surface area contributed by atoms with Gasteiger partial charge < -0.3 is 19.3 Å². The van der Waals surface area contributed by atoms with Gasteiger partial charge in [0, 0.05) is 34.6 Å². The van der Waals surface area contributed by atoms with E-state index in [1.54, 1.807) is 30.3 Å². The summed E-state index contributed by atoms with van der Waals surface area (Å²) in [5.41, 5.74) is 2.85. The molecule has 172 valence electrons. The van der Waals surface area contributed by atoms with Crippen molar-refractivity contribution in [2.24, 2.45) is 5.10 Å². The summed E-state index contributed by atoms with van der Waals surface area (Å²) in [7, 11) is 5.55. The number of fused-ring (bicyclic) bond motifs is 1. The highest BCUT2D eigenvalue weighted by Gasteiger charge is 2.19. The minimum atomic E-state index is -0.644. The zero-order valence-electron chi connectivity index (χ0n) is 18.4. The number of benzene rings is 2. The standard InChI is InChI=1S/C23H23ClN4O5/c1-28(2,3)13-21(30)27-26-19(23(32)25-16-6-4-15(24)5-7-16)10-14-11-22(31)33-20-12-17(29)8-9-18(14)20/h4-9,11-12H,10,13H2,1-3H3,(H2-,25,27,29,30,31,32)/p+1. The van der Waals surface area contributed by atoms with Crippen LogP contribution in [-0.2, 0) is 16.0 Å². The lowest BCUT2D eigenvalue weighted by Crippen LogP contribution is -2.43. The van der Waals surface area contributed by atoms with Crippen LogP contribution in [0.1, 0.15) is 5.56 Å². The number of nitrogens with zero attached hydrogens (tertiary/aromatic N) is 2. The molecule has 0 aliphatic rings. The van der Waals surface area contributed by atoms with Gasteiger partial charge in [-0.05, 0) is 42.0 Å². The van der Waals surface area contributed by atoms with Crippen molar-refractivity contribution in [2.75, 3.05) is 33.0 Å². The molecular weight excluding hydrogens is 448 g/mol. The first-order valence-electron chi connectivity index (χ1n) is 9.99. The summed E-state index contributed by atoms with van der Waals surface area (Å²) >= 11 is 5.90. The van der Waals surface area contributed by atoms with Crippen molar-refractivity contribution in [3.8, 4) is 5.75 Å². The summed E-state index contributed by atoms with van der Waals surface area (Å²) in [6.45, 7) is 0.146. The Morgan fingerprint density at radius 1 is 1.09 bits per heavy atom. The molecule has 0 unspecified atom stereocenters. The molecule has 0 saturated heterocycles. The Hall–Kier alpha value is -3.69. The van der Waals surface area contributed by atoms with Crippen LogP contribution in [0.15, 0.2) is 62.8 Å². The first kappa shape index (κ1) is 24.0. The van der Waals surface area contributed by atoms with Crippen molar-refractivity contribution in [1.29, 1.82) is 0 Å². The van der Waals surface area contributed by atoms with Crippen molar-refractivity contribution < 1.29 is 23.6 Å². The summed E-state index contributed by atoms with van der Waals surface area (Å²) in [6, 6.07) is 12.1. The number of phenolic OH excluding ortho intramolecular Hbond substituents is 1. The van der Waals surface area contributed by atoms with Gasteiger partial charge in [0.15, 0.2) is 6.54 Å². The number of carbonyl (C=O) groups is 2. The fourth-order valence-corrected chi connectivity index (χ4v) is 3.17. The summed E-state index contributed by atoms with van der Waals surface area (Å²) < 4.78 is 5.52. The Bertz CT molecular complexity index is 1280. The number of phenols is 1. The van der Waals surface area contributed by atoms with E-state index >= 15 is 0 Å². The van der Waals surface area contributed by atoms with E-state index in [1.165, 1.54) is 18.2 Å². The number of nitrogens with one attached hydrogen (secondary N) is 2. The minimum Gasteiger partial charge on any atom is -0.508 e. The van der Waals surface area contributed by atoms with E-state index in [9.17, 15) is 19.5 Å². The van der Waals surface area contributed by atoms with Gasteiger partial charge in [0.05, 0.1) is 21.1 Å². The van der Waals surface area contributed by atoms with Crippen LogP contribution >= 0.6 is 11.6 Å². The Morgan fingerprint density at radius 3 is 2.45 bits per heavy atom. The van der Waals surface area contributed by atoms with Crippen LogP contribution in [0.2, 0.25) is 5.02 Å². The third kappa shape index (κ3) is 6.90. The first-order chi connectivity index (χ1) is 15.5. The third-order valence-electron chi connectivity index (χ3n) is 4.47. The zero-order valence-corrected chi connectivity index (χ0v) is 19.1. The number of anilines is 1. The molecule has 0 aliphatic heterocycles. The third-order valence-corrected chi connectivity index (χ3v) is 4.72. The van der Waals surface area contributed by atoms with Crippen LogP contribution in [0, 0.1) is 0 Å². The van der Waals surface area contributed by atoms with Crippen LogP contribution in [0.25, 0.3) is 11.0 Å². The monoisotopic (exact) mass is 471 g/mol. The van der Waals surface area contributed by atoms with Crippen LogP contribution in [0.4, 0.5) is 5.69 Å². The molecule has 10 heteroatoms. The maximum Gasteiger partial charge on any atom is 0.336 e. The molecule has 0 fully saturated rings. The number of hydrogen-bond donors (Lipinski definition) is 3. The van der Waals surface area contributed by atoms with Crippen molar-refractivity contribution >= 4 is 45.8 Å². The molecule has 0 atom stereocenters. The number of aromatic hydroxyl groups is 1. The second-order valence-corrected chi connectivity index (χ2v) is 8.89. The maximum atomic E-state index is 13.0. The lowest BCUT2D eigenvalue weighted by atomic mass is 10.0. The lowest BCUT2D eigenvalue weighted by molar-refractivity contribution is -0.862. The largest absolute Gasteiger partial charge is 0.508 e. The Balaban J connectivity index is 1.94. The molecule has 3 rings (SSSR count). The zero-order chi connectivity index (χ0) is 24.2. The topological polar surface area (TPSA) is 121 Å². The van der Waals surface area contributed by atoms with Gasteiger partial charge in [-0.15, -0.1) is 0 Å². The summed E-state index contributed by atoms with van der Waals surface area (Å²) in [6.07, 6.45) is -0.0725. The molecule has 0 radical (unpaired) electrons. The molecule has 2 aromatic carbocycles. The van der Waals surface area contributed by atoms with E-state index in [1.807, 2.05) is 21.1 Å². The number of rotatable bonds is 7. The van der Waals surface area contributed by atoms with Crippen LogP contribution in [0.3, 0.4) is 0 Å². The fourth-order valence-electron chi connectivity index (χ4n) is 3.05. The Morgan fingerprint density at radius 2 is 1.79 bits per heavy atom. The van der Waals surface area contributed by atoms with Crippen LogP contribution in [0.5, 0.6) is 5.75 Å². The molecule has 1 heterocycles. The summed E-state index contributed by atoms with van der Waals surface area (Å²) in [5, 5.41) is 17.5. The fraction of sp³-hybridized carbons (Fsp3) is 0.217. The summed E-state index contributed by atoms with van der Waals surface area (Å²) in [5.74, 6) is -1.01. The predicted molar refractivity (Wildman–Crippen MR) is 126 cm³/mol. The van der Waals surface area contributed by atoms with Gasteiger partial charge >= 0.3 is 5.63 Å². The van der Waals surface area contributed by atoms with E-state index in [0.717, 1.165) is 0 Å². The van der Waals surface area contributed by atoms with Gasteiger partial charge in [-0.25, -0.2) is 10.2 Å². The maximum absolute atomic E-state index is 13.0. The summed E-state index contributed by atoms with van der Waals surface area (Å²) in [4.78, 5) is 37.3. The van der Waals surface area contributed by atoms with Gasteiger partial charge in [-0.2, -0.15) is 5.10 Å². The first-order valence-corrected chi connectivity index (χ1v) is 10.4. The molecule has 3 N–H and O–H groups in total. The van der Waals surface area contributed by atoms with Gasteiger partial charge in [-0.3, -0.25) is 9.59 Å². The molecule has 0 aliphatic carbocycles. The molecule has 1 aromatic heterocycles. The van der Waals surface area contributed by atoms with E-state index in [-0.39, 0.29) is 35.9 Å². The lowest BCUT2D eigenvalue weighted by Gasteiger charge is -2.22. The highest BCUT2D eigenvalue weighted by Crippen LogP contribution is 2.22. The molecule has 0 saturated carbocycles. The van der Waals surface area contributed by atoms with Crippen molar-refractivity contribution in [2.45, 2.75) is 6.42 Å². The smallest absolute Gasteiger partial charge is 0.336 e. The molecule has 3 aromatic rings. The van der Waals surface area contributed by atoms with Crippen molar-refractivity contribution in [3.63, 3.8) is 0 Å². The molecule has 2 amide bonds. The molecule has 9 nitrogen and oxygen atoms in total. The highest BCUT2D eigenvalue weighted by atomic mass is 35.5. The molecule has 0 bridgehead atoms. The van der Waals surface area contributed by atoms with E-state index in [0.29, 0.717) is 26.1 Å². The number of halogens is 1. The second kappa shape index (κ2) is 9.85. The van der Waals surface area contributed by atoms with Gasteiger partial charge in [0.2, 0.25) is 0 Å². The van der Waals surface area contributed by atoms with Crippen LogP contribution in [-0.4, -0.2) is 54.8 Å². The van der Waals surface area contributed by atoms with E-state index in [2.05, 4.69) is 15.8 Å². The number of hydrazone groups is 1. The Kier molecular flexibility index (Phi) is 7.15. The molecule has 33 heavy (non-hydrogen) atoms. The van der Waals surface area contributed by atoms with Crippen molar-refractivity contribution in [1.82, 2.24) is 5.43 Å². The van der Waals surface area contributed by atoms with Gasteiger partial charge in [0.1, 0.15) is 17.0 Å². The average molecular weight is 472 g/mol. The molecular formula is C23H24ClN4O5+. The highest BCUT2D eigenvalue weighted by molar-refractivity contribution is 6.43. The van der Waals surface area contributed by atoms with Gasteiger partial charge in [0.25, 0.3) is 11.8 Å². The van der Waals surface area contributed by atoms with Gasteiger partial charge in [-0.1, -0.05) is 11.6 Å². The predicted octanol–water partition coefficient (Wildman–Crippen LogP) is 2.51. The molecule has 0 spiro atoms. The van der Waals surface area contributed by atoms with Crippen molar-refractivity contribution in [3.05, 3.63) is 69.5 Å². The number of carbonyl (C=O) groups excluding carboxylic acids is 2. The average Bonchev–Trinajstić information content (AvgIpc) is 2.70. The number of likely N-dealkylation sites (N-methyl/N-ethyl adjacent to an activating group) is 1. The normalized spacial score (nSPS) is 11.9. The SMILES string of the molecule is C[N+](C)(C)CC(=O)N/N=C(\Cc1cc(=O)oc2cc(O)ccc12)C(=O)Nc1ccc(Cl)cc1. The van der Waals surface area contributed by atoms with E-state index < -0.39 is 11.5 Å². The number of quaternary nitrogens is 1. The van der Waals surface area contributed by atoms with E-state index in [4.69, 9.17) is 16.0 Å². The Labute approximate surface area is 194 Å².